The maximum absolute atomic E-state index is 14.2. The minimum atomic E-state index is -0.888. The second-order valence-corrected chi connectivity index (χ2v) is 12.6. The van der Waals surface area contributed by atoms with Crippen LogP contribution in [0.4, 0.5) is 4.79 Å². The topological polar surface area (TPSA) is 87.7 Å². The van der Waals surface area contributed by atoms with Gasteiger partial charge in [0.25, 0.3) is 0 Å². The van der Waals surface area contributed by atoms with Crippen molar-refractivity contribution in [1.82, 2.24) is 15.5 Å². The molecular formula is C32H51N3O4. The van der Waals surface area contributed by atoms with E-state index in [1.54, 1.807) is 49.9 Å². The van der Waals surface area contributed by atoms with Crippen LogP contribution >= 0.6 is 0 Å². The molecule has 218 valence electrons. The summed E-state index contributed by atoms with van der Waals surface area (Å²) >= 11 is 0. The molecule has 2 unspecified atom stereocenters. The summed E-state index contributed by atoms with van der Waals surface area (Å²) in [4.78, 5) is 42.3. The van der Waals surface area contributed by atoms with Gasteiger partial charge in [0.05, 0.1) is 0 Å². The second-order valence-electron chi connectivity index (χ2n) is 12.6. The molecule has 0 bridgehead atoms. The number of nitrogens with zero attached hydrogens (tertiary/aromatic N) is 1. The number of rotatable bonds is 13. The first kappa shape index (κ1) is 34.0. The predicted molar refractivity (Wildman–Crippen MR) is 158 cm³/mol. The van der Waals surface area contributed by atoms with Gasteiger partial charge in [-0.15, -0.1) is 6.42 Å². The van der Waals surface area contributed by atoms with Crippen LogP contribution in [0.5, 0.6) is 0 Å². The SMILES string of the molecule is C#Cc1ccc(C(C(=O)NC(C)(C)C)N(CCCCCCCC)C(=O)C(NC(=O)OC(C)(C)C)C(C)C)cc1. The molecule has 1 aromatic carbocycles. The Morgan fingerprint density at radius 1 is 0.949 bits per heavy atom. The normalized spacial score (nSPS) is 13.3. The standard InChI is InChI=1S/C32H51N3O4/c1-11-13-14-15-16-17-22-35(29(37)26(23(3)4)33-30(38)39-32(8,9)10)27(28(36)34-31(5,6)7)25-20-18-24(12-2)19-21-25/h2,18-21,23,26-27H,11,13-17,22H2,1,3-10H3,(H,33,38)(H,34,36). The molecule has 0 aromatic heterocycles. The fourth-order valence-corrected chi connectivity index (χ4v) is 4.23. The third-order valence-corrected chi connectivity index (χ3v) is 6.09. The number of alkyl carbamates (subject to hydrolysis) is 1. The van der Waals surface area contributed by atoms with Gasteiger partial charge < -0.3 is 20.3 Å². The van der Waals surface area contributed by atoms with E-state index in [2.05, 4.69) is 23.5 Å². The van der Waals surface area contributed by atoms with Crippen LogP contribution < -0.4 is 10.6 Å². The largest absolute Gasteiger partial charge is 0.444 e. The summed E-state index contributed by atoms with van der Waals surface area (Å²) in [6, 6.07) is 5.40. The Bertz CT molecular complexity index is 965. The van der Waals surface area contributed by atoms with Crippen molar-refractivity contribution in [2.45, 2.75) is 124 Å². The van der Waals surface area contributed by atoms with Gasteiger partial charge in [0.2, 0.25) is 11.8 Å². The molecule has 0 radical (unpaired) electrons. The van der Waals surface area contributed by atoms with E-state index in [1.807, 2.05) is 34.6 Å². The first-order chi connectivity index (χ1) is 18.1. The van der Waals surface area contributed by atoms with Gasteiger partial charge in [-0.05, 0) is 71.6 Å². The zero-order valence-corrected chi connectivity index (χ0v) is 25.6. The number of carbonyl (C=O) groups excluding carboxylic acids is 3. The average Bonchev–Trinajstić information content (AvgIpc) is 2.81. The van der Waals surface area contributed by atoms with Crippen molar-refractivity contribution in [3.63, 3.8) is 0 Å². The fourth-order valence-electron chi connectivity index (χ4n) is 4.23. The van der Waals surface area contributed by atoms with Crippen molar-refractivity contribution in [2.24, 2.45) is 5.92 Å². The van der Waals surface area contributed by atoms with E-state index in [9.17, 15) is 14.4 Å². The van der Waals surface area contributed by atoms with E-state index >= 15 is 0 Å². The molecule has 0 aliphatic heterocycles. The molecule has 2 atom stereocenters. The number of nitrogens with one attached hydrogen (secondary N) is 2. The lowest BCUT2D eigenvalue weighted by Gasteiger charge is -2.37. The first-order valence-corrected chi connectivity index (χ1v) is 14.3. The van der Waals surface area contributed by atoms with Crippen molar-refractivity contribution in [2.75, 3.05) is 6.54 Å². The maximum Gasteiger partial charge on any atom is 0.408 e. The van der Waals surface area contributed by atoms with Crippen LogP contribution in [0.1, 0.15) is 118 Å². The zero-order chi connectivity index (χ0) is 29.8. The monoisotopic (exact) mass is 541 g/mol. The zero-order valence-electron chi connectivity index (χ0n) is 25.6. The highest BCUT2D eigenvalue weighted by molar-refractivity contribution is 5.92. The highest BCUT2D eigenvalue weighted by Gasteiger charge is 2.38. The van der Waals surface area contributed by atoms with Gasteiger partial charge in [-0.25, -0.2) is 4.79 Å². The number of terminal acetylenes is 1. The van der Waals surface area contributed by atoms with Gasteiger partial charge in [0.1, 0.15) is 17.7 Å². The summed E-state index contributed by atoms with van der Waals surface area (Å²) < 4.78 is 5.45. The van der Waals surface area contributed by atoms with Crippen LogP contribution in [0, 0.1) is 18.3 Å². The minimum Gasteiger partial charge on any atom is -0.444 e. The van der Waals surface area contributed by atoms with Gasteiger partial charge >= 0.3 is 6.09 Å². The Morgan fingerprint density at radius 2 is 1.51 bits per heavy atom. The summed E-state index contributed by atoms with van der Waals surface area (Å²) in [5.41, 5.74) is 0.139. The van der Waals surface area contributed by atoms with E-state index < -0.39 is 29.3 Å². The Labute approximate surface area is 236 Å². The summed E-state index contributed by atoms with van der Waals surface area (Å²) in [5, 5.41) is 5.83. The lowest BCUT2D eigenvalue weighted by atomic mass is 9.96. The molecule has 0 saturated heterocycles. The van der Waals surface area contributed by atoms with Gasteiger partial charge in [0.15, 0.2) is 0 Å². The summed E-state index contributed by atoms with van der Waals surface area (Å²) in [6.45, 7) is 17.3. The Balaban J connectivity index is 3.47. The van der Waals surface area contributed by atoms with Crippen molar-refractivity contribution in [3.05, 3.63) is 35.4 Å². The van der Waals surface area contributed by atoms with Gasteiger partial charge in [-0.1, -0.05) is 70.9 Å². The Morgan fingerprint density at radius 3 is 2.00 bits per heavy atom. The Hall–Kier alpha value is -3.01. The lowest BCUT2D eigenvalue weighted by molar-refractivity contribution is -0.144. The Kier molecular flexibility index (Phi) is 13.6. The summed E-state index contributed by atoms with van der Waals surface area (Å²) in [6.07, 6.45) is 11.1. The number of benzene rings is 1. The van der Waals surface area contributed by atoms with E-state index in [0.717, 1.165) is 32.1 Å². The second kappa shape index (κ2) is 15.5. The molecule has 7 nitrogen and oxygen atoms in total. The van der Waals surface area contributed by atoms with Crippen LogP contribution in [0.3, 0.4) is 0 Å². The molecule has 1 aromatic rings. The van der Waals surface area contributed by atoms with Crippen molar-refractivity contribution in [3.8, 4) is 12.3 Å². The summed E-state index contributed by atoms with van der Waals surface area (Å²) in [7, 11) is 0. The smallest absolute Gasteiger partial charge is 0.408 e. The van der Waals surface area contributed by atoms with E-state index in [4.69, 9.17) is 11.2 Å². The van der Waals surface area contributed by atoms with Gasteiger partial charge in [0, 0.05) is 17.6 Å². The van der Waals surface area contributed by atoms with Crippen molar-refractivity contribution >= 4 is 17.9 Å². The van der Waals surface area contributed by atoms with Crippen LogP contribution in [0.15, 0.2) is 24.3 Å². The van der Waals surface area contributed by atoms with Crippen LogP contribution in [-0.4, -0.2) is 46.5 Å². The molecule has 0 heterocycles. The average molecular weight is 542 g/mol. The summed E-state index contributed by atoms with van der Waals surface area (Å²) in [5.74, 6) is 1.77. The molecule has 0 saturated carbocycles. The van der Waals surface area contributed by atoms with Crippen molar-refractivity contribution < 1.29 is 19.1 Å². The molecule has 0 spiro atoms. The number of amides is 3. The fraction of sp³-hybridized carbons (Fsp3) is 0.656. The van der Waals surface area contributed by atoms with Gasteiger partial charge in [-0.2, -0.15) is 0 Å². The van der Waals surface area contributed by atoms with Crippen LogP contribution in [-0.2, 0) is 14.3 Å². The van der Waals surface area contributed by atoms with E-state index in [1.165, 1.54) is 6.42 Å². The molecule has 0 aliphatic rings. The molecular weight excluding hydrogens is 490 g/mol. The van der Waals surface area contributed by atoms with Crippen LogP contribution in [0.25, 0.3) is 0 Å². The van der Waals surface area contributed by atoms with E-state index in [0.29, 0.717) is 17.7 Å². The van der Waals surface area contributed by atoms with E-state index in [-0.39, 0.29) is 17.7 Å². The van der Waals surface area contributed by atoms with Crippen molar-refractivity contribution in [1.29, 1.82) is 0 Å². The van der Waals surface area contributed by atoms with Crippen LogP contribution in [0.2, 0.25) is 0 Å². The first-order valence-electron chi connectivity index (χ1n) is 14.3. The molecule has 2 N–H and O–H groups in total. The quantitative estimate of drug-likeness (QED) is 0.225. The molecule has 3 amide bonds. The molecule has 0 fully saturated rings. The van der Waals surface area contributed by atoms with Gasteiger partial charge in [-0.3, -0.25) is 9.59 Å². The number of unbranched alkanes of at least 4 members (excludes halogenated alkanes) is 5. The number of ether oxygens (including phenoxy) is 1. The number of hydrogen-bond donors (Lipinski definition) is 2. The third kappa shape index (κ3) is 12.6. The highest BCUT2D eigenvalue weighted by atomic mass is 16.6. The highest BCUT2D eigenvalue weighted by Crippen LogP contribution is 2.26. The maximum atomic E-state index is 14.2. The lowest BCUT2D eigenvalue weighted by Crippen LogP contribution is -2.56. The molecule has 7 heteroatoms. The molecule has 1 rings (SSSR count). The minimum absolute atomic E-state index is 0.229. The number of hydrogen-bond acceptors (Lipinski definition) is 4. The molecule has 0 aliphatic carbocycles. The molecule has 39 heavy (non-hydrogen) atoms. The third-order valence-electron chi connectivity index (χ3n) is 6.09. The predicted octanol–water partition coefficient (Wildman–Crippen LogP) is 6.36. The number of carbonyl (C=O) groups is 3.